The van der Waals surface area contributed by atoms with Crippen LogP contribution in [0.1, 0.15) is 47.2 Å². The Morgan fingerprint density at radius 1 is 1.26 bits per heavy atom. The summed E-state index contributed by atoms with van der Waals surface area (Å²) in [6, 6.07) is 6.55. The number of rotatable bonds is 7. The van der Waals surface area contributed by atoms with E-state index < -0.39 is 5.82 Å². The largest absolute Gasteiger partial charge is 0.395 e. The minimum atomic E-state index is -0.427. The van der Waals surface area contributed by atoms with Crippen molar-refractivity contribution in [2.75, 3.05) is 38.6 Å². The van der Waals surface area contributed by atoms with Crippen molar-refractivity contribution >= 4 is 23.2 Å². The molecular formula is C23H33FN4O3. The third-order valence-corrected chi connectivity index (χ3v) is 5.43. The first-order valence-corrected chi connectivity index (χ1v) is 10.6. The molecule has 2 aromatic rings. The van der Waals surface area contributed by atoms with Gasteiger partial charge in [-0.2, -0.15) is 0 Å². The number of amides is 1. The molecule has 1 amide bonds. The monoisotopic (exact) mass is 432 g/mol. The first-order chi connectivity index (χ1) is 14.7. The van der Waals surface area contributed by atoms with Crippen LogP contribution in [-0.2, 0) is 7.05 Å². The predicted octanol–water partition coefficient (Wildman–Crippen LogP) is 3.19. The number of benzene rings is 1. The van der Waals surface area contributed by atoms with E-state index in [1.165, 1.54) is 13.0 Å². The van der Waals surface area contributed by atoms with Gasteiger partial charge in [0.25, 0.3) is 5.91 Å². The van der Waals surface area contributed by atoms with Gasteiger partial charge in [0.15, 0.2) is 5.78 Å². The fraction of sp³-hybridized carbons (Fsp3) is 0.478. The molecule has 1 aliphatic rings. The van der Waals surface area contributed by atoms with Gasteiger partial charge in [-0.1, -0.05) is 19.9 Å². The molecule has 0 radical (unpaired) electrons. The highest BCUT2D eigenvalue weighted by Crippen LogP contribution is 2.29. The molecule has 1 aromatic heterocycles. The Labute approximate surface area is 183 Å². The van der Waals surface area contributed by atoms with Gasteiger partial charge in [-0.05, 0) is 37.7 Å². The Kier molecular flexibility index (Phi) is 8.36. The summed E-state index contributed by atoms with van der Waals surface area (Å²) < 4.78 is 15.9. The lowest BCUT2D eigenvalue weighted by molar-refractivity contribution is 0.0303. The van der Waals surface area contributed by atoms with Crippen LogP contribution < -0.4 is 5.32 Å². The van der Waals surface area contributed by atoms with Crippen LogP contribution in [0, 0.1) is 12.7 Å². The van der Waals surface area contributed by atoms with Crippen LogP contribution in [0.5, 0.6) is 0 Å². The second-order valence-corrected chi connectivity index (χ2v) is 7.58. The van der Waals surface area contributed by atoms with Gasteiger partial charge in [-0.15, -0.1) is 0 Å². The minimum absolute atomic E-state index is 0.0672. The predicted molar refractivity (Wildman–Crippen MR) is 121 cm³/mol. The van der Waals surface area contributed by atoms with Crippen molar-refractivity contribution in [1.82, 2.24) is 14.4 Å². The molecule has 170 valence electrons. The lowest BCUT2D eigenvalue weighted by Crippen LogP contribution is -2.60. The molecule has 0 saturated carbocycles. The third kappa shape index (κ3) is 5.32. The number of hydrogen-bond acceptors (Lipinski definition) is 5. The number of nitrogens with zero attached hydrogens (tertiary/aromatic N) is 3. The summed E-state index contributed by atoms with van der Waals surface area (Å²) in [4.78, 5) is 28.8. The summed E-state index contributed by atoms with van der Waals surface area (Å²) in [7, 11) is 3.59. The summed E-state index contributed by atoms with van der Waals surface area (Å²) in [5.74, 6) is -0.432. The fourth-order valence-corrected chi connectivity index (χ4v) is 3.51. The van der Waals surface area contributed by atoms with E-state index in [0.29, 0.717) is 36.7 Å². The smallest absolute Gasteiger partial charge is 0.257 e. The topological polar surface area (TPSA) is 77.8 Å². The summed E-state index contributed by atoms with van der Waals surface area (Å²) >= 11 is 0. The number of carbonyl (C=O) groups excluding carboxylic acids is 2. The van der Waals surface area contributed by atoms with E-state index in [9.17, 15) is 14.0 Å². The molecule has 1 saturated heterocycles. The average Bonchev–Trinajstić information content (AvgIpc) is 3.01. The first kappa shape index (κ1) is 24.6. The Balaban J connectivity index is 0.00000166. The van der Waals surface area contributed by atoms with E-state index in [-0.39, 0.29) is 30.0 Å². The number of likely N-dealkylation sites (tertiary alicyclic amines) is 1. The molecule has 3 rings (SSSR count). The van der Waals surface area contributed by atoms with E-state index in [1.807, 2.05) is 25.8 Å². The molecule has 0 aliphatic carbocycles. The maximum atomic E-state index is 14.4. The van der Waals surface area contributed by atoms with Crippen molar-refractivity contribution in [2.45, 2.75) is 33.7 Å². The van der Waals surface area contributed by atoms with Gasteiger partial charge in [-0.25, -0.2) is 4.39 Å². The second-order valence-electron chi connectivity index (χ2n) is 7.58. The number of anilines is 2. The van der Waals surface area contributed by atoms with Gasteiger partial charge in [0.05, 0.1) is 23.6 Å². The molecule has 0 unspecified atom stereocenters. The van der Waals surface area contributed by atoms with Gasteiger partial charge in [0.1, 0.15) is 11.6 Å². The summed E-state index contributed by atoms with van der Waals surface area (Å²) in [6.07, 6.45) is 0. The van der Waals surface area contributed by atoms with Crippen LogP contribution in [-0.4, -0.2) is 70.5 Å². The lowest BCUT2D eigenvalue weighted by atomic mass is 10.1. The summed E-state index contributed by atoms with van der Waals surface area (Å²) in [6.45, 7) is 8.93. The number of aromatic nitrogens is 1. The molecule has 31 heavy (non-hydrogen) atoms. The van der Waals surface area contributed by atoms with Gasteiger partial charge in [0, 0.05) is 39.6 Å². The molecule has 8 heteroatoms. The number of aryl methyl sites for hydroxylation is 1. The SMILES string of the molecule is CC.CC(=O)c1cc(C(=O)N2CC(N(C)CCO)C2)c(Nc2ccc(C)cc2F)n1C. The van der Waals surface area contributed by atoms with Gasteiger partial charge >= 0.3 is 0 Å². The van der Waals surface area contributed by atoms with E-state index in [4.69, 9.17) is 5.11 Å². The van der Waals surface area contributed by atoms with Crippen molar-refractivity contribution in [1.29, 1.82) is 0 Å². The normalized spacial score (nSPS) is 13.5. The molecule has 7 nitrogen and oxygen atoms in total. The number of aliphatic hydroxyl groups is 1. The van der Waals surface area contributed by atoms with Gasteiger partial charge in [-0.3, -0.25) is 14.5 Å². The molecule has 1 fully saturated rings. The molecule has 0 bridgehead atoms. The van der Waals surface area contributed by atoms with E-state index in [1.54, 1.807) is 41.6 Å². The van der Waals surface area contributed by atoms with Gasteiger partial charge in [0.2, 0.25) is 0 Å². The first-order valence-electron chi connectivity index (χ1n) is 10.6. The van der Waals surface area contributed by atoms with Gasteiger partial charge < -0.3 is 19.9 Å². The van der Waals surface area contributed by atoms with E-state index in [2.05, 4.69) is 5.32 Å². The maximum absolute atomic E-state index is 14.4. The number of ketones is 1. The van der Waals surface area contributed by atoms with Crippen LogP contribution in [0.15, 0.2) is 24.3 Å². The maximum Gasteiger partial charge on any atom is 0.257 e. The molecule has 0 atom stereocenters. The standard InChI is InChI=1S/C21H27FN4O3.C2H6/c1-13-5-6-18(17(22)9-13)23-20-16(10-19(14(2)28)25(20)4)21(29)26-11-15(12-26)24(3)7-8-27;1-2/h5-6,9-10,15,23,27H,7-8,11-12H2,1-4H3;1-2H3. The molecule has 1 aromatic carbocycles. The highest BCUT2D eigenvalue weighted by atomic mass is 19.1. The zero-order valence-corrected chi connectivity index (χ0v) is 19.2. The Morgan fingerprint density at radius 2 is 1.90 bits per heavy atom. The number of hydrogen-bond donors (Lipinski definition) is 2. The van der Waals surface area contributed by atoms with Crippen LogP contribution in [0.25, 0.3) is 0 Å². The van der Waals surface area contributed by atoms with Crippen molar-refractivity contribution in [3.63, 3.8) is 0 Å². The number of carbonyl (C=O) groups is 2. The summed E-state index contributed by atoms with van der Waals surface area (Å²) in [5, 5.41) is 12.1. The molecular weight excluding hydrogens is 399 g/mol. The van der Waals surface area contributed by atoms with Crippen molar-refractivity contribution in [3.8, 4) is 0 Å². The number of nitrogens with one attached hydrogen (secondary N) is 1. The molecule has 2 N–H and O–H groups in total. The second kappa shape index (κ2) is 10.5. The Hall–Kier alpha value is -2.71. The van der Waals surface area contributed by atoms with E-state index in [0.717, 1.165) is 5.56 Å². The zero-order valence-electron chi connectivity index (χ0n) is 19.2. The molecule has 0 spiro atoms. The van der Waals surface area contributed by atoms with Crippen LogP contribution in [0.2, 0.25) is 0 Å². The van der Waals surface area contributed by atoms with Crippen LogP contribution in [0.3, 0.4) is 0 Å². The molecule has 1 aliphatic heterocycles. The number of halogens is 1. The zero-order chi connectivity index (χ0) is 23.3. The van der Waals surface area contributed by atoms with Crippen LogP contribution >= 0.6 is 0 Å². The van der Waals surface area contributed by atoms with Crippen molar-refractivity contribution < 1.29 is 19.1 Å². The number of aliphatic hydroxyl groups excluding tert-OH is 1. The highest BCUT2D eigenvalue weighted by molar-refractivity contribution is 6.04. The minimum Gasteiger partial charge on any atom is -0.395 e. The quantitative estimate of drug-likeness (QED) is 0.657. The summed E-state index contributed by atoms with van der Waals surface area (Å²) in [5.41, 5.74) is 1.74. The Bertz CT molecular complexity index is 935. The number of Topliss-reactive ketones (excluding diaryl/α,β-unsaturated/α-hetero) is 1. The van der Waals surface area contributed by atoms with Crippen LogP contribution in [0.4, 0.5) is 15.9 Å². The highest BCUT2D eigenvalue weighted by Gasteiger charge is 2.35. The fourth-order valence-electron chi connectivity index (χ4n) is 3.51. The third-order valence-electron chi connectivity index (χ3n) is 5.43. The molecule has 2 heterocycles. The van der Waals surface area contributed by atoms with Crippen molar-refractivity contribution in [2.24, 2.45) is 7.05 Å². The Morgan fingerprint density at radius 3 is 2.45 bits per heavy atom. The van der Waals surface area contributed by atoms with Crippen molar-refractivity contribution in [3.05, 3.63) is 46.9 Å². The number of likely N-dealkylation sites (N-methyl/N-ethyl adjacent to an activating group) is 1. The lowest BCUT2D eigenvalue weighted by Gasteiger charge is -2.43. The average molecular weight is 433 g/mol. The van der Waals surface area contributed by atoms with E-state index >= 15 is 0 Å².